The average Bonchev–Trinajstić information content (AvgIpc) is 2.95. The molecular weight excluding hydrogens is 390 g/mol. The zero-order valence-electron chi connectivity index (χ0n) is 12.8. The lowest BCUT2D eigenvalue weighted by Gasteiger charge is -2.26. The van der Waals surface area contributed by atoms with Crippen LogP contribution < -0.4 is 9.80 Å². The van der Waals surface area contributed by atoms with Crippen molar-refractivity contribution in [1.82, 2.24) is 13.7 Å². The molecule has 25 heavy (non-hydrogen) atoms. The normalized spacial score (nSPS) is 24.0. The number of rotatable bonds is 4. The summed E-state index contributed by atoms with van der Waals surface area (Å²) in [6, 6.07) is -0.928. The van der Waals surface area contributed by atoms with Crippen molar-refractivity contribution >= 4 is 56.4 Å². The third kappa shape index (κ3) is 3.75. The van der Waals surface area contributed by atoms with Crippen molar-refractivity contribution < 1.29 is 23.1 Å². The maximum absolute atomic E-state index is 12.4. The van der Waals surface area contributed by atoms with Gasteiger partial charge in [0.1, 0.15) is 12.6 Å². The first-order valence-electron chi connectivity index (χ1n) is 7.26. The molecule has 3 heterocycles. The molecule has 3 rings (SSSR count). The van der Waals surface area contributed by atoms with Gasteiger partial charge in [0.05, 0.1) is 24.7 Å². The third-order valence-corrected chi connectivity index (χ3v) is 6.33. The Morgan fingerprint density at radius 1 is 1.32 bits per heavy atom. The number of thiol groups is 1. The second-order valence-corrected chi connectivity index (χ2v) is 8.68. The van der Waals surface area contributed by atoms with E-state index in [0.29, 0.717) is 22.5 Å². The number of hydrogen-bond donors (Lipinski definition) is 2. The number of carbonyl (C=O) groups excluding carboxylic acids is 2. The van der Waals surface area contributed by atoms with Gasteiger partial charge in [-0.25, -0.2) is 14.2 Å². The van der Waals surface area contributed by atoms with Gasteiger partial charge in [0.15, 0.2) is 0 Å². The largest absolute Gasteiger partial charge is 0.370 e. The van der Waals surface area contributed by atoms with Gasteiger partial charge >= 0.3 is 0 Å². The molecule has 10 nitrogen and oxygen atoms in total. The summed E-state index contributed by atoms with van der Waals surface area (Å²) in [6.07, 6.45) is 3.17. The van der Waals surface area contributed by atoms with Crippen molar-refractivity contribution in [3.8, 4) is 0 Å². The minimum Gasteiger partial charge on any atom is -0.370 e. The van der Waals surface area contributed by atoms with E-state index in [1.165, 1.54) is 22.2 Å². The molecule has 0 radical (unpaired) electrons. The van der Waals surface area contributed by atoms with Crippen LogP contribution in [-0.2, 0) is 34.5 Å². The van der Waals surface area contributed by atoms with Gasteiger partial charge in [-0.05, 0) is 6.42 Å². The van der Waals surface area contributed by atoms with Crippen LogP contribution in [0.4, 0.5) is 11.6 Å². The van der Waals surface area contributed by atoms with Gasteiger partial charge in [0.25, 0.3) is 5.91 Å². The lowest BCUT2D eigenvalue weighted by Crippen LogP contribution is -2.42. The van der Waals surface area contributed by atoms with Crippen LogP contribution in [0.3, 0.4) is 0 Å². The van der Waals surface area contributed by atoms with E-state index in [4.69, 9.17) is 4.74 Å². The van der Waals surface area contributed by atoms with Gasteiger partial charge < -0.3 is 9.64 Å². The Morgan fingerprint density at radius 3 is 2.60 bits per heavy atom. The summed E-state index contributed by atoms with van der Waals surface area (Å²) in [5, 5.41) is 0. The SMILES string of the molecule is O=C1COCCN1c1cnc(N2CCC(N(S)S(=O)(O)=S)C2=O)nc1. The molecule has 0 aromatic carbocycles. The maximum Gasteiger partial charge on any atom is 0.253 e. The summed E-state index contributed by atoms with van der Waals surface area (Å²) in [5.41, 5.74) is 0.514. The number of hydrogen-bond acceptors (Lipinski definition) is 8. The van der Waals surface area contributed by atoms with Gasteiger partial charge in [-0.15, -0.1) is 3.71 Å². The molecule has 2 amide bonds. The van der Waals surface area contributed by atoms with Crippen molar-refractivity contribution in [3.63, 3.8) is 0 Å². The Hall–Kier alpha value is -1.38. The monoisotopic (exact) mass is 405 g/mol. The van der Waals surface area contributed by atoms with Crippen LogP contribution in [0.25, 0.3) is 0 Å². The Morgan fingerprint density at radius 2 is 2.00 bits per heavy atom. The Balaban J connectivity index is 1.75. The molecule has 13 heteroatoms. The Bertz CT molecular complexity index is 787. The van der Waals surface area contributed by atoms with Gasteiger partial charge in [-0.1, -0.05) is 12.8 Å². The standard InChI is InChI=1S/C12H15N5O5S3/c18-10-7-22-4-3-15(10)8-5-13-12(14-6-8)16-2-1-9(11(16)19)17(23)25(20,21)24/h5-6,9,23H,1-4,7H2,(H,20,21,24). The van der Waals surface area contributed by atoms with E-state index < -0.39 is 20.9 Å². The van der Waals surface area contributed by atoms with Crippen molar-refractivity contribution in [2.45, 2.75) is 12.5 Å². The molecule has 2 saturated heterocycles. The first-order valence-corrected chi connectivity index (χ1v) is 10.1. The highest BCUT2D eigenvalue weighted by atomic mass is 32.9. The highest BCUT2D eigenvalue weighted by Gasteiger charge is 2.40. The molecule has 2 aliphatic rings. The number of carbonyl (C=O) groups is 2. The van der Waals surface area contributed by atoms with Crippen molar-refractivity contribution in [2.24, 2.45) is 0 Å². The molecule has 0 aliphatic carbocycles. The van der Waals surface area contributed by atoms with Crippen LogP contribution in [0.1, 0.15) is 6.42 Å². The van der Waals surface area contributed by atoms with E-state index in [-0.39, 0.29) is 31.4 Å². The van der Waals surface area contributed by atoms with E-state index >= 15 is 0 Å². The number of ether oxygens (including phenoxy) is 1. The predicted octanol–water partition coefficient (Wildman–Crippen LogP) is -0.774. The molecule has 1 N–H and O–H groups in total. The van der Waals surface area contributed by atoms with Crippen molar-refractivity contribution in [2.75, 3.05) is 36.1 Å². The van der Waals surface area contributed by atoms with E-state index in [1.807, 2.05) is 0 Å². The molecule has 1 aromatic rings. The molecule has 2 fully saturated rings. The van der Waals surface area contributed by atoms with E-state index in [1.54, 1.807) is 0 Å². The van der Waals surface area contributed by atoms with Crippen molar-refractivity contribution in [3.05, 3.63) is 12.4 Å². The predicted molar refractivity (Wildman–Crippen MR) is 94.9 cm³/mol. The molecule has 2 atom stereocenters. The molecule has 2 unspecified atom stereocenters. The lowest BCUT2D eigenvalue weighted by molar-refractivity contribution is -0.125. The Labute approximate surface area is 154 Å². The molecule has 2 aliphatic heterocycles. The summed E-state index contributed by atoms with van der Waals surface area (Å²) in [4.78, 5) is 35.3. The van der Waals surface area contributed by atoms with Crippen LogP contribution in [0.15, 0.2) is 12.4 Å². The van der Waals surface area contributed by atoms with E-state index in [2.05, 4.69) is 34.0 Å². The van der Waals surface area contributed by atoms with Crippen LogP contribution in [0.5, 0.6) is 0 Å². The number of amides is 2. The second kappa shape index (κ2) is 7.09. The molecule has 136 valence electrons. The number of morpholine rings is 1. The van der Waals surface area contributed by atoms with Crippen LogP contribution in [0, 0.1) is 0 Å². The fourth-order valence-corrected chi connectivity index (χ4v) is 3.66. The third-order valence-electron chi connectivity index (χ3n) is 3.84. The average molecular weight is 405 g/mol. The van der Waals surface area contributed by atoms with Gasteiger partial charge in [0.2, 0.25) is 20.8 Å². The van der Waals surface area contributed by atoms with Gasteiger partial charge in [-0.2, -0.15) is 0 Å². The minimum absolute atomic E-state index is 0.00728. The van der Waals surface area contributed by atoms with Gasteiger partial charge in [-0.3, -0.25) is 19.0 Å². The van der Waals surface area contributed by atoms with Gasteiger partial charge in [0, 0.05) is 24.3 Å². The molecule has 0 saturated carbocycles. The maximum atomic E-state index is 12.4. The fraction of sp³-hybridized carbons (Fsp3) is 0.500. The highest BCUT2D eigenvalue weighted by molar-refractivity contribution is 8.30. The summed E-state index contributed by atoms with van der Waals surface area (Å²) < 4.78 is 26.6. The van der Waals surface area contributed by atoms with E-state index in [9.17, 15) is 18.4 Å². The molecular formula is C12H15N5O5S3. The smallest absolute Gasteiger partial charge is 0.253 e. The number of anilines is 2. The Kier molecular flexibility index (Phi) is 5.22. The topological polar surface area (TPSA) is 116 Å². The first-order chi connectivity index (χ1) is 11.8. The van der Waals surface area contributed by atoms with Crippen LogP contribution in [-0.4, -0.2) is 66.6 Å². The van der Waals surface area contributed by atoms with E-state index in [0.717, 1.165) is 0 Å². The summed E-state index contributed by atoms with van der Waals surface area (Å²) in [6.45, 7) is 1.11. The zero-order valence-corrected chi connectivity index (χ0v) is 15.4. The molecule has 1 aromatic heterocycles. The first kappa shape index (κ1) is 18.4. The lowest BCUT2D eigenvalue weighted by atomic mass is 10.3. The molecule has 0 bridgehead atoms. The number of nitrogens with zero attached hydrogens (tertiary/aromatic N) is 5. The van der Waals surface area contributed by atoms with Crippen LogP contribution >= 0.6 is 12.8 Å². The summed E-state index contributed by atoms with van der Waals surface area (Å²) in [7, 11) is -3.77. The summed E-state index contributed by atoms with van der Waals surface area (Å²) in [5.74, 6) is -0.502. The van der Waals surface area contributed by atoms with Crippen LogP contribution in [0.2, 0.25) is 0 Å². The highest BCUT2D eigenvalue weighted by Crippen LogP contribution is 2.25. The molecule has 0 spiro atoms. The summed E-state index contributed by atoms with van der Waals surface area (Å²) >= 11 is 8.31. The quantitative estimate of drug-likeness (QED) is 0.627. The van der Waals surface area contributed by atoms with Crippen molar-refractivity contribution in [1.29, 1.82) is 0 Å². The number of aromatic nitrogens is 2. The minimum atomic E-state index is -3.77. The fourth-order valence-electron chi connectivity index (χ4n) is 2.61. The second-order valence-electron chi connectivity index (χ2n) is 5.38. The zero-order chi connectivity index (χ0) is 18.2.